The van der Waals surface area contributed by atoms with Gasteiger partial charge in [-0.3, -0.25) is 0 Å². The van der Waals surface area contributed by atoms with E-state index in [0.29, 0.717) is 5.52 Å². The smallest absolute Gasteiger partial charge is 0.390 e. The molecule has 0 aliphatic heterocycles. The molecule has 0 saturated carbocycles. The van der Waals surface area contributed by atoms with Crippen molar-refractivity contribution < 1.29 is 19.2 Å². The molecule has 0 bridgehead atoms. The quantitative estimate of drug-likeness (QED) is 0.568. The number of hydrogen-bond donors (Lipinski definition) is 1. The number of aromatic nitrogens is 3. The van der Waals surface area contributed by atoms with Crippen molar-refractivity contribution in [2.24, 2.45) is 0 Å². The fourth-order valence-corrected chi connectivity index (χ4v) is 1.66. The number of carbonyl (C=O) groups is 1. The predicted octanol–water partition coefficient (Wildman–Crippen LogP) is 1.62. The lowest BCUT2D eigenvalue weighted by Gasteiger charge is -1.91. The minimum Gasteiger partial charge on any atom is -0.478 e. The van der Waals surface area contributed by atoms with Gasteiger partial charge in [-0.25, -0.2) is 4.79 Å². The standard InChI is InChI=1S/C11H6N4O5/c16-10(17)6-1-2-7-8(5-6)20-11(12-7)14-4-3-9(13-14)15(18)19/h1-5H,(H,16,17). The van der Waals surface area contributed by atoms with Gasteiger partial charge in [0.1, 0.15) is 5.52 Å². The first-order valence-corrected chi connectivity index (χ1v) is 5.39. The Balaban J connectivity index is 2.07. The van der Waals surface area contributed by atoms with E-state index in [-0.39, 0.29) is 23.0 Å². The topological polar surface area (TPSA) is 124 Å². The van der Waals surface area contributed by atoms with Gasteiger partial charge in [0.05, 0.1) is 22.9 Å². The largest absolute Gasteiger partial charge is 0.478 e. The summed E-state index contributed by atoms with van der Waals surface area (Å²) in [6.45, 7) is 0. The summed E-state index contributed by atoms with van der Waals surface area (Å²) in [4.78, 5) is 24.8. The molecule has 100 valence electrons. The number of carboxylic acids is 1. The molecule has 2 heterocycles. The Kier molecular flexibility index (Phi) is 2.46. The Bertz CT molecular complexity index is 834. The van der Waals surface area contributed by atoms with Gasteiger partial charge < -0.3 is 19.6 Å². The molecule has 3 rings (SSSR count). The van der Waals surface area contributed by atoms with Crippen molar-refractivity contribution in [1.29, 1.82) is 0 Å². The molecule has 0 atom stereocenters. The second-order valence-electron chi connectivity index (χ2n) is 3.86. The van der Waals surface area contributed by atoms with Crippen LogP contribution in [-0.2, 0) is 0 Å². The zero-order valence-electron chi connectivity index (χ0n) is 9.76. The van der Waals surface area contributed by atoms with E-state index < -0.39 is 10.9 Å². The van der Waals surface area contributed by atoms with E-state index in [9.17, 15) is 14.9 Å². The van der Waals surface area contributed by atoms with Crippen molar-refractivity contribution >= 4 is 22.9 Å². The summed E-state index contributed by atoms with van der Waals surface area (Å²) in [6, 6.07) is 5.44. The molecule has 0 amide bonds. The normalized spacial score (nSPS) is 10.8. The van der Waals surface area contributed by atoms with Crippen LogP contribution >= 0.6 is 0 Å². The van der Waals surface area contributed by atoms with Crippen LogP contribution in [0.3, 0.4) is 0 Å². The van der Waals surface area contributed by atoms with Gasteiger partial charge in [-0.15, -0.1) is 0 Å². The van der Waals surface area contributed by atoms with Crippen LogP contribution in [0, 0.1) is 10.1 Å². The van der Waals surface area contributed by atoms with Crippen LogP contribution in [-0.4, -0.2) is 30.8 Å². The Morgan fingerprint density at radius 3 is 2.85 bits per heavy atom. The summed E-state index contributed by atoms with van der Waals surface area (Å²) >= 11 is 0. The zero-order chi connectivity index (χ0) is 14.3. The third kappa shape index (κ3) is 1.86. The maximum absolute atomic E-state index is 10.8. The number of aromatic carboxylic acids is 1. The molecular weight excluding hydrogens is 268 g/mol. The lowest BCUT2D eigenvalue weighted by molar-refractivity contribution is -0.389. The maximum atomic E-state index is 10.8. The fourth-order valence-electron chi connectivity index (χ4n) is 1.66. The van der Waals surface area contributed by atoms with E-state index in [1.165, 1.54) is 30.5 Å². The van der Waals surface area contributed by atoms with Gasteiger partial charge in [0.25, 0.3) is 0 Å². The summed E-state index contributed by atoms with van der Waals surface area (Å²) in [5.74, 6) is -1.42. The van der Waals surface area contributed by atoms with E-state index in [4.69, 9.17) is 9.52 Å². The molecule has 0 radical (unpaired) electrons. The Morgan fingerprint density at radius 2 is 2.20 bits per heavy atom. The number of oxazole rings is 1. The number of benzene rings is 1. The van der Waals surface area contributed by atoms with Crippen molar-refractivity contribution in [2.75, 3.05) is 0 Å². The van der Waals surface area contributed by atoms with E-state index in [0.717, 1.165) is 4.68 Å². The molecule has 0 saturated heterocycles. The molecule has 0 unspecified atom stereocenters. The summed E-state index contributed by atoms with van der Waals surface area (Å²) in [6.07, 6.45) is 1.33. The van der Waals surface area contributed by atoms with Crippen LogP contribution in [0.15, 0.2) is 34.9 Å². The van der Waals surface area contributed by atoms with Crippen LogP contribution in [0.2, 0.25) is 0 Å². The number of hydrogen-bond acceptors (Lipinski definition) is 6. The minimum absolute atomic E-state index is 0.0237. The Labute approximate surface area is 110 Å². The van der Waals surface area contributed by atoms with Crippen molar-refractivity contribution in [3.8, 4) is 6.01 Å². The van der Waals surface area contributed by atoms with E-state index in [1.807, 2.05) is 0 Å². The van der Waals surface area contributed by atoms with Crippen molar-refractivity contribution in [1.82, 2.24) is 14.8 Å². The second kappa shape index (κ2) is 4.16. The van der Waals surface area contributed by atoms with Gasteiger partial charge in [-0.2, -0.15) is 4.98 Å². The Morgan fingerprint density at radius 1 is 1.40 bits per heavy atom. The lowest BCUT2D eigenvalue weighted by Crippen LogP contribution is -1.96. The van der Waals surface area contributed by atoms with Crippen LogP contribution in [0.25, 0.3) is 17.1 Å². The highest BCUT2D eigenvalue weighted by Crippen LogP contribution is 2.20. The molecule has 3 aromatic rings. The summed E-state index contributed by atoms with van der Waals surface area (Å²) in [5, 5.41) is 23.1. The van der Waals surface area contributed by atoms with Gasteiger partial charge >= 0.3 is 17.8 Å². The average Bonchev–Trinajstić information content (AvgIpc) is 3.04. The van der Waals surface area contributed by atoms with Crippen LogP contribution in [0.1, 0.15) is 10.4 Å². The van der Waals surface area contributed by atoms with Crippen molar-refractivity contribution in [3.05, 3.63) is 46.1 Å². The SMILES string of the molecule is O=C(O)c1ccc2nc(-n3ccc([N+](=O)[O-])n3)oc2c1. The molecule has 0 fully saturated rings. The van der Waals surface area contributed by atoms with Crippen LogP contribution < -0.4 is 0 Å². The predicted molar refractivity (Wildman–Crippen MR) is 64.7 cm³/mol. The maximum Gasteiger partial charge on any atom is 0.390 e. The molecule has 2 aromatic heterocycles. The highest BCUT2D eigenvalue weighted by Gasteiger charge is 2.17. The number of rotatable bonds is 3. The third-order valence-electron chi connectivity index (χ3n) is 2.58. The fraction of sp³-hybridized carbons (Fsp3) is 0. The highest BCUT2D eigenvalue weighted by molar-refractivity contribution is 5.91. The molecule has 0 aliphatic rings. The first-order chi connectivity index (χ1) is 9.54. The lowest BCUT2D eigenvalue weighted by atomic mass is 10.2. The molecule has 1 aromatic carbocycles. The van der Waals surface area contributed by atoms with Gasteiger partial charge in [0.2, 0.25) is 0 Å². The molecule has 9 heteroatoms. The van der Waals surface area contributed by atoms with Gasteiger partial charge in [0, 0.05) is 0 Å². The molecule has 0 spiro atoms. The average molecular weight is 274 g/mol. The molecule has 1 N–H and O–H groups in total. The van der Waals surface area contributed by atoms with Crippen molar-refractivity contribution in [2.45, 2.75) is 0 Å². The van der Waals surface area contributed by atoms with Gasteiger partial charge in [0.15, 0.2) is 5.58 Å². The minimum atomic E-state index is -1.08. The first kappa shape index (κ1) is 11.8. The summed E-state index contributed by atoms with van der Waals surface area (Å²) < 4.78 is 6.45. The second-order valence-corrected chi connectivity index (χ2v) is 3.86. The van der Waals surface area contributed by atoms with Crippen LogP contribution in [0.5, 0.6) is 0 Å². The third-order valence-corrected chi connectivity index (χ3v) is 2.58. The van der Waals surface area contributed by atoms with E-state index >= 15 is 0 Å². The van der Waals surface area contributed by atoms with E-state index in [2.05, 4.69) is 10.1 Å². The van der Waals surface area contributed by atoms with Gasteiger partial charge in [-0.1, -0.05) is 4.68 Å². The Hall–Kier alpha value is -3.23. The van der Waals surface area contributed by atoms with Gasteiger partial charge in [-0.05, 0) is 23.1 Å². The number of nitrogens with zero attached hydrogens (tertiary/aromatic N) is 4. The summed E-state index contributed by atoms with van der Waals surface area (Å²) in [5.41, 5.74) is 0.757. The summed E-state index contributed by atoms with van der Waals surface area (Å²) in [7, 11) is 0. The molecule has 20 heavy (non-hydrogen) atoms. The monoisotopic (exact) mass is 274 g/mol. The first-order valence-electron chi connectivity index (χ1n) is 5.39. The van der Waals surface area contributed by atoms with E-state index in [1.54, 1.807) is 0 Å². The zero-order valence-corrected chi connectivity index (χ0v) is 9.76. The number of fused-ring (bicyclic) bond motifs is 1. The van der Waals surface area contributed by atoms with Crippen molar-refractivity contribution in [3.63, 3.8) is 0 Å². The highest BCUT2D eigenvalue weighted by atomic mass is 16.6. The molecule has 0 aliphatic carbocycles. The number of carboxylic acid groups (broad SMARTS) is 1. The number of nitro groups is 1. The molecular formula is C11H6N4O5. The molecule has 9 nitrogen and oxygen atoms in total. The van der Waals surface area contributed by atoms with Crippen LogP contribution in [0.4, 0.5) is 5.82 Å².